The Balaban J connectivity index is 1.61. The maximum absolute atomic E-state index is 12.7. The van der Waals surface area contributed by atoms with E-state index in [0.717, 1.165) is 11.1 Å². The van der Waals surface area contributed by atoms with Crippen LogP contribution in [0.1, 0.15) is 17.5 Å². The number of imide groups is 1. The highest BCUT2D eigenvalue weighted by Gasteiger charge is 2.33. The predicted octanol–water partition coefficient (Wildman–Crippen LogP) is 1.87. The van der Waals surface area contributed by atoms with Crippen LogP contribution in [0.5, 0.6) is 0 Å². The van der Waals surface area contributed by atoms with Gasteiger partial charge in [-0.1, -0.05) is 60.7 Å². The van der Waals surface area contributed by atoms with Gasteiger partial charge in [0.15, 0.2) is 0 Å². The number of esters is 1. The molecule has 1 saturated heterocycles. The van der Waals surface area contributed by atoms with Crippen LogP contribution in [0.2, 0.25) is 0 Å². The first-order valence-corrected chi connectivity index (χ1v) is 9.77. The zero-order valence-electron chi connectivity index (χ0n) is 16.7. The van der Waals surface area contributed by atoms with Crippen LogP contribution in [0.25, 0.3) is 0 Å². The lowest BCUT2D eigenvalue weighted by atomic mass is 9.97. The minimum absolute atomic E-state index is 0.0184. The van der Waals surface area contributed by atoms with Crippen molar-refractivity contribution in [2.45, 2.75) is 25.7 Å². The average Bonchev–Trinajstić information content (AvgIpc) is 2.78. The number of nitrogens with one attached hydrogen (secondary N) is 3. The van der Waals surface area contributed by atoms with Crippen molar-refractivity contribution >= 4 is 24.0 Å². The fraction of sp³-hybridized carbons (Fsp3) is 0.273. The molecule has 1 unspecified atom stereocenters. The second-order valence-corrected chi connectivity index (χ2v) is 6.98. The summed E-state index contributed by atoms with van der Waals surface area (Å²) in [5.41, 5.74) is 1.57. The van der Waals surface area contributed by atoms with Gasteiger partial charge in [0, 0.05) is 6.54 Å². The van der Waals surface area contributed by atoms with Gasteiger partial charge in [-0.3, -0.25) is 10.1 Å². The Morgan fingerprint density at radius 3 is 2.10 bits per heavy atom. The highest BCUT2D eigenvalue weighted by Crippen LogP contribution is 2.13. The van der Waals surface area contributed by atoms with Crippen LogP contribution in [0.15, 0.2) is 60.7 Å². The van der Waals surface area contributed by atoms with E-state index in [1.807, 2.05) is 36.4 Å². The van der Waals surface area contributed by atoms with E-state index < -0.39 is 36.0 Å². The molecule has 0 aliphatic carbocycles. The summed E-state index contributed by atoms with van der Waals surface area (Å²) >= 11 is 0. The number of urea groups is 1. The van der Waals surface area contributed by atoms with Crippen LogP contribution < -0.4 is 16.0 Å². The van der Waals surface area contributed by atoms with Crippen LogP contribution in [0.4, 0.5) is 9.59 Å². The van der Waals surface area contributed by atoms with Crippen molar-refractivity contribution in [1.29, 1.82) is 0 Å². The third-order valence-electron chi connectivity index (χ3n) is 4.65. The number of carbonyl (C=O) groups excluding carboxylic acids is 4. The van der Waals surface area contributed by atoms with Gasteiger partial charge in [-0.2, -0.15) is 0 Å². The molecule has 0 bridgehead atoms. The fourth-order valence-corrected chi connectivity index (χ4v) is 2.99. The molecule has 2 atom stereocenters. The minimum Gasteiger partial charge on any atom is -0.459 e. The predicted molar refractivity (Wildman–Crippen MR) is 109 cm³/mol. The molecule has 1 aliphatic rings. The molecular weight excluding hydrogens is 402 g/mol. The van der Waals surface area contributed by atoms with Crippen LogP contribution in [-0.2, 0) is 32.3 Å². The van der Waals surface area contributed by atoms with E-state index in [9.17, 15) is 19.2 Å². The molecule has 0 spiro atoms. The molecule has 1 aliphatic heterocycles. The van der Waals surface area contributed by atoms with Gasteiger partial charge in [0.25, 0.3) is 0 Å². The van der Waals surface area contributed by atoms with E-state index in [-0.39, 0.29) is 26.2 Å². The molecule has 9 nitrogen and oxygen atoms in total. The molecule has 1 heterocycles. The van der Waals surface area contributed by atoms with Crippen molar-refractivity contribution in [3.05, 3.63) is 71.8 Å². The van der Waals surface area contributed by atoms with Gasteiger partial charge in [-0.15, -0.1) is 0 Å². The summed E-state index contributed by atoms with van der Waals surface area (Å²) in [4.78, 5) is 48.3. The van der Waals surface area contributed by atoms with Crippen LogP contribution >= 0.6 is 0 Å². The zero-order chi connectivity index (χ0) is 22.1. The maximum Gasteiger partial charge on any atom is 0.408 e. The van der Waals surface area contributed by atoms with Crippen LogP contribution in [0, 0.1) is 5.92 Å². The Morgan fingerprint density at radius 2 is 1.52 bits per heavy atom. The quantitative estimate of drug-likeness (QED) is 0.555. The lowest BCUT2D eigenvalue weighted by molar-refractivity contribution is -0.148. The van der Waals surface area contributed by atoms with E-state index >= 15 is 0 Å². The smallest absolute Gasteiger partial charge is 0.408 e. The van der Waals surface area contributed by atoms with Gasteiger partial charge in [-0.05, 0) is 17.5 Å². The molecule has 31 heavy (non-hydrogen) atoms. The second-order valence-electron chi connectivity index (χ2n) is 6.98. The molecule has 2 aromatic rings. The molecule has 0 radical (unpaired) electrons. The summed E-state index contributed by atoms with van der Waals surface area (Å²) < 4.78 is 10.5. The Bertz CT molecular complexity index is 919. The first-order chi connectivity index (χ1) is 15.0. The minimum atomic E-state index is -1.13. The van der Waals surface area contributed by atoms with Gasteiger partial charge < -0.3 is 20.1 Å². The fourth-order valence-electron chi connectivity index (χ4n) is 2.99. The number of amides is 4. The first-order valence-electron chi connectivity index (χ1n) is 9.77. The van der Waals surface area contributed by atoms with Crippen molar-refractivity contribution in [1.82, 2.24) is 16.0 Å². The van der Waals surface area contributed by atoms with Crippen LogP contribution in [-0.4, -0.2) is 36.6 Å². The molecule has 1 fully saturated rings. The molecule has 4 amide bonds. The van der Waals surface area contributed by atoms with Crippen molar-refractivity contribution < 1.29 is 28.7 Å². The van der Waals surface area contributed by atoms with Gasteiger partial charge >= 0.3 is 18.1 Å². The number of carbonyl (C=O) groups is 4. The molecule has 9 heteroatoms. The topological polar surface area (TPSA) is 123 Å². The second kappa shape index (κ2) is 10.8. The highest BCUT2D eigenvalue weighted by molar-refractivity contribution is 5.98. The van der Waals surface area contributed by atoms with Gasteiger partial charge in [0.05, 0.1) is 5.92 Å². The number of benzene rings is 2. The number of alkyl carbamates (subject to hydrolysis) is 1. The first kappa shape index (κ1) is 21.8. The molecule has 2 aromatic carbocycles. The lowest BCUT2D eigenvalue weighted by Gasteiger charge is -2.25. The molecule has 3 N–H and O–H groups in total. The largest absolute Gasteiger partial charge is 0.459 e. The van der Waals surface area contributed by atoms with Crippen molar-refractivity contribution in [3.63, 3.8) is 0 Å². The Morgan fingerprint density at radius 1 is 0.935 bits per heavy atom. The molecule has 3 rings (SSSR count). The van der Waals surface area contributed by atoms with Gasteiger partial charge in [-0.25, -0.2) is 14.4 Å². The Kier molecular flexibility index (Phi) is 7.58. The maximum atomic E-state index is 12.7. The molecule has 0 aromatic heterocycles. The third-order valence-corrected chi connectivity index (χ3v) is 4.65. The van der Waals surface area contributed by atoms with Crippen molar-refractivity contribution in [2.75, 3.05) is 6.54 Å². The molecule has 0 saturated carbocycles. The number of hydrogen-bond acceptors (Lipinski definition) is 6. The molecular formula is C22H23N3O6. The van der Waals surface area contributed by atoms with Crippen molar-refractivity contribution in [2.24, 2.45) is 5.92 Å². The summed E-state index contributed by atoms with van der Waals surface area (Å²) in [6.07, 6.45) is -0.869. The SMILES string of the molecule is O=C1NCC(C[C@H](NC(=O)OCc2ccccc2)C(=O)OCc2ccccc2)C(=O)N1. The monoisotopic (exact) mass is 425 g/mol. The van der Waals surface area contributed by atoms with Gasteiger partial charge in [0.1, 0.15) is 19.3 Å². The summed E-state index contributed by atoms with van der Waals surface area (Å²) in [6, 6.07) is 16.4. The van der Waals surface area contributed by atoms with E-state index in [2.05, 4.69) is 16.0 Å². The lowest BCUT2D eigenvalue weighted by Crippen LogP contribution is -2.54. The Labute approximate surface area is 179 Å². The van der Waals surface area contributed by atoms with E-state index in [1.165, 1.54) is 0 Å². The summed E-state index contributed by atoms with van der Waals surface area (Å²) in [5.74, 6) is -1.93. The normalized spacial score (nSPS) is 16.5. The number of ether oxygens (including phenoxy) is 2. The van der Waals surface area contributed by atoms with E-state index in [1.54, 1.807) is 24.3 Å². The summed E-state index contributed by atoms with van der Waals surface area (Å²) in [7, 11) is 0. The zero-order valence-corrected chi connectivity index (χ0v) is 16.7. The standard InChI is InChI=1S/C22H23N3O6/c26-19-17(12-23-21(28)25-19)11-18(20(27)30-13-15-7-3-1-4-8-15)24-22(29)31-14-16-9-5-2-6-10-16/h1-10,17-18H,11-14H2,(H,24,29)(H2,23,25,26,28)/t17?,18-/m0/s1. The van der Waals surface area contributed by atoms with Crippen LogP contribution in [0.3, 0.4) is 0 Å². The highest BCUT2D eigenvalue weighted by atomic mass is 16.6. The summed E-state index contributed by atoms with van der Waals surface area (Å²) in [6.45, 7) is 0.0941. The number of rotatable bonds is 8. The van der Waals surface area contributed by atoms with E-state index in [4.69, 9.17) is 9.47 Å². The van der Waals surface area contributed by atoms with Crippen molar-refractivity contribution in [3.8, 4) is 0 Å². The number of hydrogen-bond donors (Lipinski definition) is 3. The Hall–Kier alpha value is -3.88. The molecule has 162 valence electrons. The average molecular weight is 425 g/mol. The third kappa shape index (κ3) is 6.84. The summed E-state index contributed by atoms with van der Waals surface area (Å²) in [5, 5.41) is 7.12. The van der Waals surface area contributed by atoms with E-state index in [0.29, 0.717) is 0 Å². The van der Waals surface area contributed by atoms with Gasteiger partial charge in [0.2, 0.25) is 5.91 Å².